The van der Waals surface area contributed by atoms with E-state index in [0.29, 0.717) is 12.3 Å². The van der Waals surface area contributed by atoms with Gasteiger partial charge in [-0.25, -0.2) is 9.97 Å². The minimum Gasteiger partial charge on any atom is -0.311 e. The molecule has 4 nitrogen and oxygen atoms in total. The van der Waals surface area contributed by atoms with Crippen LogP contribution in [0.15, 0.2) is 36.7 Å². The molecule has 0 aliphatic rings. The summed E-state index contributed by atoms with van der Waals surface area (Å²) in [6, 6.07) is 7.84. The van der Waals surface area contributed by atoms with E-state index in [0.717, 1.165) is 30.3 Å². The molecule has 0 spiro atoms. The molecule has 2 aromatic rings. The number of hydrogen-bond donors (Lipinski definition) is 1. The SMILES string of the molecule is CC(C)CNCc1ccnc(Cc2ccccn2)n1. The highest BCUT2D eigenvalue weighted by Gasteiger charge is 2.02. The van der Waals surface area contributed by atoms with E-state index in [1.165, 1.54) is 0 Å². The van der Waals surface area contributed by atoms with E-state index < -0.39 is 0 Å². The summed E-state index contributed by atoms with van der Waals surface area (Å²) in [7, 11) is 0. The first-order valence-corrected chi connectivity index (χ1v) is 6.65. The molecule has 0 atom stereocenters. The summed E-state index contributed by atoms with van der Waals surface area (Å²) in [5.41, 5.74) is 2.02. The Morgan fingerprint density at radius 1 is 1.05 bits per heavy atom. The van der Waals surface area contributed by atoms with Crippen LogP contribution in [0.1, 0.15) is 31.1 Å². The Bertz CT molecular complexity index is 497. The van der Waals surface area contributed by atoms with Crippen LogP contribution in [0.5, 0.6) is 0 Å². The maximum absolute atomic E-state index is 4.55. The zero-order chi connectivity index (χ0) is 13.5. The van der Waals surface area contributed by atoms with Gasteiger partial charge in [0.15, 0.2) is 0 Å². The molecule has 0 saturated heterocycles. The van der Waals surface area contributed by atoms with Gasteiger partial charge >= 0.3 is 0 Å². The highest BCUT2D eigenvalue weighted by Crippen LogP contribution is 2.03. The summed E-state index contributed by atoms with van der Waals surface area (Å²) in [5.74, 6) is 1.47. The van der Waals surface area contributed by atoms with Crippen LogP contribution >= 0.6 is 0 Å². The van der Waals surface area contributed by atoms with Gasteiger partial charge in [0.25, 0.3) is 0 Å². The fourth-order valence-corrected chi connectivity index (χ4v) is 1.78. The lowest BCUT2D eigenvalue weighted by molar-refractivity contribution is 0.547. The van der Waals surface area contributed by atoms with Crippen molar-refractivity contribution >= 4 is 0 Å². The molecule has 0 aliphatic heterocycles. The Balaban J connectivity index is 1.95. The molecule has 2 aromatic heterocycles. The van der Waals surface area contributed by atoms with E-state index in [1.54, 1.807) is 6.20 Å². The monoisotopic (exact) mass is 256 g/mol. The Hall–Kier alpha value is -1.81. The molecule has 2 rings (SSSR count). The predicted molar refractivity (Wildman–Crippen MR) is 75.6 cm³/mol. The van der Waals surface area contributed by atoms with Crippen molar-refractivity contribution in [2.24, 2.45) is 5.92 Å². The Morgan fingerprint density at radius 2 is 1.95 bits per heavy atom. The zero-order valence-corrected chi connectivity index (χ0v) is 11.5. The molecule has 2 heterocycles. The largest absolute Gasteiger partial charge is 0.311 e. The number of pyridine rings is 1. The number of nitrogens with zero attached hydrogens (tertiary/aromatic N) is 3. The molecule has 0 aliphatic carbocycles. The van der Waals surface area contributed by atoms with Crippen LogP contribution in [-0.2, 0) is 13.0 Å². The standard InChI is InChI=1S/C15H20N4/c1-12(2)10-16-11-14-6-8-18-15(19-14)9-13-5-3-4-7-17-13/h3-8,12,16H,9-11H2,1-2H3. The van der Waals surface area contributed by atoms with Crippen LogP contribution in [0.25, 0.3) is 0 Å². The van der Waals surface area contributed by atoms with Crippen molar-refractivity contribution in [2.45, 2.75) is 26.8 Å². The van der Waals surface area contributed by atoms with Gasteiger partial charge in [-0.1, -0.05) is 19.9 Å². The van der Waals surface area contributed by atoms with Gasteiger partial charge in [-0.3, -0.25) is 4.98 Å². The minimum atomic E-state index is 0.648. The van der Waals surface area contributed by atoms with Crippen LogP contribution in [0.3, 0.4) is 0 Å². The molecule has 0 amide bonds. The summed E-state index contributed by atoms with van der Waals surface area (Å²) in [4.78, 5) is 13.1. The van der Waals surface area contributed by atoms with Crippen LogP contribution in [0.2, 0.25) is 0 Å². The fraction of sp³-hybridized carbons (Fsp3) is 0.400. The summed E-state index contributed by atoms with van der Waals surface area (Å²) in [6.45, 7) is 6.18. The lowest BCUT2D eigenvalue weighted by Gasteiger charge is -2.07. The van der Waals surface area contributed by atoms with Crippen molar-refractivity contribution in [2.75, 3.05) is 6.54 Å². The van der Waals surface area contributed by atoms with Crippen molar-refractivity contribution in [1.29, 1.82) is 0 Å². The van der Waals surface area contributed by atoms with E-state index in [9.17, 15) is 0 Å². The van der Waals surface area contributed by atoms with Gasteiger partial charge in [0.2, 0.25) is 0 Å². The second-order valence-corrected chi connectivity index (χ2v) is 4.99. The Kier molecular flexibility index (Phi) is 4.98. The first-order valence-electron chi connectivity index (χ1n) is 6.65. The predicted octanol–water partition coefficient (Wildman–Crippen LogP) is 2.21. The first kappa shape index (κ1) is 13.6. The average Bonchev–Trinajstić information content (AvgIpc) is 2.40. The van der Waals surface area contributed by atoms with E-state index in [1.807, 2.05) is 30.5 Å². The van der Waals surface area contributed by atoms with Gasteiger partial charge in [0, 0.05) is 24.6 Å². The maximum atomic E-state index is 4.55. The molecule has 0 radical (unpaired) electrons. The molecule has 1 N–H and O–H groups in total. The summed E-state index contributed by atoms with van der Waals surface area (Å²) < 4.78 is 0. The number of rotatable bonds is 6. The van der Waals surface area contributed by atoms with Crippen LogP contribution in [0.4, 0.5) is 0 Å². The van der Waals surface area contributed by atoms with Gasteiger partial charge in [0.1, 0.15) is 5.82 Å². The van der Waals surface area contributed by atoms with Crippen molar-refractivity contribution in [1.82, 2.24) is 20.3 Å². The molecule has 4 heteroatoms. The smallest absolute Gasteiger partial charge is 0.134 e. The Labute approximate surface area is 114 Å². The number of hydrogen-bond acceptors (Lipinski definition) is 4. The molecule has 0 aromatic carbocycles. The van der Waals surface area contributed by atoms with Gasteiger partial charge in [-0.15, -0.1) is 0 Å². The van der Waals surface area contributed by atoms with Gasteiger partial charge < -0.3 is 5.32 Å². The third-order valence-electron chi connectivity index (χ3n) is 2.69. The van der Waals surface area contributed by atoms with E-state index >= 15 is 0 Å². The van der Waals surface area contributed by atoms with Gasteiger partial charge in [0.05, 0.1) is 12.1 Å². The zero-order valence-electron chi connectivity index (χ0n) is 11.5. The van der Waals surface area contributed by atoms with E-state index in [4.69, 9.17) is 0 Å². The van der Waals surface area contributed by atoms with Crippen LogP contribution in [0, 0.1) is 5.92 Å². The topological polar surface area (TPSA) is 50.7 Å². The van der Waals surface area contributed by atoms with Gasteiger partial charge in [-0.05, 0) is 30.7 Å². The maximum Gasteiger partial charge on any atom is 0.134 e. The minimum absolute atomic E-state index is 0.648. The first-order chi connectivity index (χ1) is 9.24. The summed E-state index contributed by atoms with van der Waals surface area (Å²) in [6.07, 6.45) is 4.29. The molecule has 0 saturated carbocycles. The second-order valence-electron chi connectivity index (χ2n) is 4.99. The highest BCUT2D eigenvalue weighted by molar-refractivity contribution is 5.11. The van der Waals surface area contributed by atoms with E-state index in [2.05, 4.69) is 34.1 Å². The lowest BCUT2D eigenvalue weighted by atomic mass is 10.2. The third-order valence-corrected chi connectivity index (χ3v) is 2.69. The van der Waals surface area contributed by atoms with Crippen molar-refractivity contribution < 1.29 is 0 Å². The Morgan fingerprint density at radius 3 is 2.68 bits per heavy atom. The molecule has 100 valence electrons. The normalized spacial score (nSPS) is 10.9. The van der Waals surface area contributed by atoms with Crippen molar-refractivity contribution in [3.8, 4) is 0 Å². The molecular weight excluding hydrogens is 236 g/mol. The number of nitrogens with one attached hydrogen (secondary N) is 1. The van der Waals surface area contributed by atoms with Crippen LogP contribution in [-0.4, -0.2) is 21.5 Å². The van der Waals surface area contributed by atoms with Crippen LogP contribution < -0.4 is 5.32 Å². The number of aromatic nitrogens is 3. The average molecular weight is 256 g/mol. The van der Waals surface area contributed by atoms with Crippen molar-refractivity contribution in [3.63, 3.8) is 0 Å². The third kappa shape index (κ3) is 4.75. The molecule has 0 fully saturated rings. The highest BCUT2D eigenvalue weighted by atomic mass is 14.9. The molecule has 0 bridgehead atoms. The van der Waals surface area contributed by atoms with Crippen molar-refractivity contribution in [3.05, 3.63) is 53.9 Å². The lowest BCUT2D eigenvalue weighted by Crippen LogP contribution is -2.20. The molecular formula is C15H20N4. The van der Waals surface area contributed by atoms with Gasteiger partial charge in [-0.2, -0.15) is 0 Å². The summed E-state index contributed by atoms with van der Waals surface area (Å²) >= 11 is 0. The molecule has 19 heavy (non-hydrogen) atoms. The fourth-order valence-electron chi connectivity index (χ4n) is 1.78. The summed E-state index contributed by atoms with van der Waals surface area (Å²) in [5, 5.41) is 3.39. The molecule has 0 unspecified atom stereocenters. The second kappa shape index (κ2) is 6.95. The van der Waals surface area contributed by atoms with E-state index in [-0.39, 0.29) is 0 Å². The quantitative estimate of drug-likeness (QED) is 0.861.